The molecule has 3 fully saturated rings. The molecule has 0 radical (unpaired) electrons. The average Bonchev–Trinajstić information content (AvgIpc) is 2.94. The van der Waals surface area contributed by atoms with E-state index in [-0.39, 0.29) is 0 Å². The molecular weight excluding hydrogens is 320 g/mol. The van der Waals surface area contributed by atoms with Crippen molar-refractivity contribution in [3.8, 4) is 0 Å². The standard InChI is InChI=1S/C22H44N4/c1-7-23(19-15-25(16-19)21(2,3)4)14-10-11-22(5,6)26-17-20(18-26)24-12-8-9-13-24/h19-20H,7-18H2,1-6H3. The second-order valence-corrected chi connectivity index (χ2v) is 10.6. The van der Waals surface area contributed by atoms with Gasteiger partial charge in [0.15, 0.2) is 0 Å². The van der Waals surface area contributed by atoms with Crippen LogP contribution in [0.5, 0.6) is 0 Å². The molecule has 3 aliphatic heterocycles. The van der Waals surface area contributed by atoms with Gasteiger partial charge in [-0.2, -0.15) is 0 Å². The predicted molar refractivity (Wildman–Crippen MR) is 112 cm³/mol. The summed E-state index contributed by atoms with van der Waals surface area (Å²) in [5.41, 5.74) is 0.702. The van der Waals surface area contributed by atoms with E-state index in [1.807, 2.05) is 0 Å². The highest BCUT2D eigenvalue weighted by Gasteiger charge is 2.40. The van der Waals surface area contributed by atoms with Gasteiger partial charge in [0.25, 0.3) is 0 Å². The van der Waals surface area contributed by atoms with Crippen LogP contribution in [0.25, 0.3) is 0 Å². The molecule has 0 aromatic rings. The number of hydrogen-bond acceptors (Lipinski definition) is 4. The van der Waals surface area contributed by atoms with Crippen LogP contribution in [0.1, 0.15) is 67.2 Å². The average molecular weight is 365 g/mol. The lowest BCUT2D eigenvalue weighted by Crippen LogP contribution is -2.65. The molecule has 4 heteroatoms. The molecule has 4 nitrogen and oxygen atoms in total. The van der Waals surface area contributed by atoms with Crippen molar-refractivity contribution in [1.82, 2.24) is 19.6 Å². The second kappa shape index (κ2) is 8.06. The van der Waals surface area contributed by atoms with Crippen LogP contribution in [0.3, 0.4) is 0 Å². The van der Waals surface area contributed by atoms with Crippen molar-refractivity contribution in [2.24, 2.45) is 0 Å². The molecular formula is C22H44N4. The molecule has 0 saturated carbocycles. The highest BCUT2D eigenvalue weighted by Crippen LogP contribution is 2.30. The van der Waals surface area contributed by atoms with Gasteiger partial charge in [0, 0.05) is 49.3 Å². The summed E-state index contributed by atoms with van der Waals surface area (Å²) in [6, 6.07) is 1.63. The molecule has 0 aliphatic carbocycles. The van der Waals surface area contributed by atoms with Gasteiger partial charge in [-0.1, -0.05) is 6.92 Å². The fourth-order valence-electron chi connectivity index (χ4n) is 4.99. The van der Waals surface area contributed by atoms with Crippen LogP contribution < -0.4 is 0 Å². The molecule has 3 saturated heterocycles. The first-order valence-corrected chi connectivity index (χ1v) is 11.2. The van der Waals surface area contributed by atoms with E-state index in [1.54, 1.807) is 0 Å². The Kier molecular flexibility index (Phi) is 6.38. The maximum absolute atomic E-state index is 2.73. The number of rotatable bonds is 8. The van der Waals surface area contributed by atoms with Gasteiger partial charge in [0.2, 0.25) is 0 Å². The molecule has 0 aromatic heterocycles. The summed E-state index contributed by atoms with van der Waals surface area (Å²) in [6.45, 7) is 24.5. The zero-order chi connectivity index (χ0) is 18.9. The number of likely N-dealkylation sites (tertiary alicyclic amines) is 3. The molecule has 0 spiro atoms. The largest absolute Gasteiger partial charge is 0.298 e. The van der Waals surface area contributed by atoms with Crippen molar-refractivity contribution in [3.63, 3.8) is 0 Å². The first-order valence-electron chi connectivity index (χ1n) is 11.2. The van der Waals surface area contributed by atoms with E-state index in [2.05, 4.69) is 61.1 Å². The SMILES string of the molecule is CCN(CCCC(C)(C)N1CC(N2CCCC2)C1)C1CN(C(C)(C)C)C1. The molecule has 152 valence electrons. The van der Waals surface area contributed by atoms with E-state index < -0.39 is 0 Å². The summed E-state index contributed by atoms with van der Waals surface area (Å²) in [5.74, 6) is 0. The van der Waals surface area contributed by atoms with E-state index in [4.69, 9.17) is 0 Å². The van der Waals surface area contributed by atoms with E-state index in [1.165, 1.54) is 78.0 Å². The Bertz CT molecular complexity index is 438. The first kappa shape index (κ1) is 20.6. The summed E-state index contributed by atoms with van der Waals surface area (Å²) >= 11 is 0. The minimum absolute atomic E-state index is 0.335. The van der Waals surface area contributed by atoms with E-state index in [9.17, 15) is 0 Å². The van der Waals surface area contributed by atoms with Crippen LogP contribution in [0, 0.1) is 0 Å². The highest BCUT2D eigenvalue weighted by molar-refractivity contribution is 4.98. The quantitative estimate of drug-likeness (QED) is 0.656. The Morgan fingerprint density at radius 3 is 2.04 bits per heavy atom. The summed E-state index contributed by atoms with van der Waals surface area (Å²) in [6.07, 6.45) is 5.49. The van der Waals surface area contributed by atoms with Gasteiger partial charge < -0.3 is 0 Å². The van der Waals surface area contributed by atoms with Gasteiger partial charge in [-0.3, -0.25) is 19.6 Å². The minimum Gasteiger partial charge on any atom is -0.298 e. The van der Waals surface area contributed by atoms with Crippen molar-refractivity contribution >= 4 is 0 Å². The minimum atomic E-state index is 0.335. The van der Waals surface area contributed by atoms with Crippen LogP contribution in [-0.2, 0) is 0 Å². The van der Waals surface area contributed by atoms with Crippen molar-refractivity contribution in [2.45, 2.75) is 90.4 Å². The Morgan fingerprint density at radius 2 is 1.50 bits per heavy atom. The molecule has 0 bridgehead atoms. The molecule has 0 aromatic carbocycles. The Labute approximate surface area is 162 Å². The van der Waals surface area contributed by atoms with Crippen molar-refractivity contribution in [3.05, 3.63) is 0 Å². The Morgan fingerprint density at radius 1 is 0.885 bits per heavy atom. The molecule has 3 aliphatic rings. The molecule has 0 amide bonds. The third-order valence-electron chi connectivity index (χ3n) is 7.34. The zero-order valence-corrected chi connectivity index (χ0v) is 18.4. The first-order chi connectivity index (χ1) is 12.2. The number of hydrogen-bond donors (Lipinski definition) is 0. The van der Waals surface area contributed by atoms with Crippen molar-refractivity contribution in [2.75, 3.05) is 52.4 Å². The third-order valence-corrected chi connectivity index (χ3v) is 7.34. The van der Waals surface area contributed by atoms with Crippen LogP contribution >= 0.6 is 0 Å². The monoisotopic (exact) mass is 364 g/mol. The van der Waals surface area contributed by atoms with Crippen LogP contribution in [0.2, 0.25) is 0 Å². The van der Waals surface area contributed by atoms with E-state index in [0.29, 0.717) is 11.1 Å². The summed E-state index contributed by atoms with van der Waals surface area (Å²) in [4.78, 5) is 10.8. The molecule has 3 heterocycles. The predicted octanol–water partition coefficient (Wildman–Crippen LogP) is 3.13. The maximum atomic E-state index is 2.73. The lowest BCUT2D eigenvalue weighted by molar-refractivity contribution is -0.0342. The molecule has 26 heavy (non-hydrogen) atoms. The van der Waals surface area contributed by atoms with Gasteiger partial charge in [0.05, 0.1) is 0 Å². The van der Waals surface area contributed by atoms with Gasteiger partial charge in [-0.25, -0.2) is 0 Å². The Hall–Kier alpha value is -0.160. The zero-order valence-electron chi connectivity index (χ0n) is 18.4. The lowest BCUT2D eigenvalue weighted by Gasteiger charge is -2.53. The fourth-order valence-corrected chi connectivity index (χ4v) is 4.99. The van der Waals surface area contributed by atoms with E-state index in [0.717, 1.165) is 12.1 Å². The summed E-state index contributed by atoms with van der Waals surface area (Å²) in [5, 5.41) is 0. The molecule has 0 unspecified atom stereocenters. The normalized spacial score (nSPS) is 25.0. The summed E-state index contributed by atoms with van der Waals surface area (Å²) in [7, 11) is 0. The van der Waals surface area contributed by atoms with Crippen molar-refractivity contribution < 1.29 is 0 Å². The van der Waals surface area contributed by atoms with Crippen LogP contribution in [0.4, 0.5) is 0 Å². The molecule has 0 atom stereocenters. The molecule has 3 rings (SSSR count). The molecule has 0 N–H and O–H groups in total. The number of likely N-dealkylation sites (N-methyl/N-ethyl adjacent to an activating group) is 1. The fraction of sp³-hybridized carbons (Fsp3) is 1.00. The van der Waals surface area contributed by atoms with Gasteiger partial charge in [-0.05, 0) is 86.5 Å². The Balaban J connectivity index is 1.35. The van der Waals surface area contributed by atoms with Crippen LogP contribution in [0.15, 0.2) is 0 Å². The third kappa shape index (κ3) is 4.63. The van der Waals surface area contributed by atoms with E-state index >= 15 is 0 Å². The maximum Gasteiger partial charge on any atom is 0.0350 e. The van der Waals surface area contributed by atoms with Gasteiger partial charge >= 0.3 is 0 Å². The van der Waals surface area contributed by atoms with Gasteiger partial charge in [0.1, 0.15) is 0 Å². The lowest BCUT2D eigenvalue weighted by atomic mass is 9.90. The smallest absolute Gasteiger partial charge is 0.0350 e. The second-order valence-electron chi connectivity index (χ2n) is 10.6. The number of nitrogens with zero attached hydrogens (tertiary/aromatic N) is 4. The van der Waals surface area contributed by atoms with Gasteiger partial charge in [-0.15, -0.1) is 0 Å². The topological polar surface area (TPSA) is 13.0 Å². The van der Waals surface area contributed by atoms with Crippen molar-refractivity contribution in [1.29, 1.82) is 0 Å². The van der Waals surface area contributed by atoms with Crippen LogP contribution in [-0.4, -0.2) is 95.1 Å². The highest BCUT2D eigenvalue weighted by atomic mass is 15.4. The summed E-state index contributed by atoms with van der Waals surface area (Å²) < 4.78 is 0.